The van der Waals surface area contributed by atoms with Crippen molar-refractivity contribution in [1.82, 2.24) is 15.5 Å². The minimum Gasteiger partial charge on any atom is -0.418 e. The van der Waals surface area contributed by atoms with E-state index in [2.05, 4.69) is 15.5 Å². The third kappa shape index (κ3) is 4.36. The van der Waals surface area contributed by atoms with Gasteiger partial charge in [0.25, 0.3) is 5.91 Å². The SMILES string of the molecule is Cc1ccc(C(=O)N[C@@H](c2ccccc2)c2nnc(-c3ccc(Cl)cc3)o2)cc1. The average Bonchev–Trinajstić information content (AvgIpc) is 3.23. The lowest BCUT2D eigenvalue weighted by Crippen LogP contribution is -2.29. The quantitative estimate of drug-likeness (QED) is 0.496. The van der Waals surface area contributed by atoms with Gasteiger partial charge in [-0.2, -0.15) is 0 Å². The molecule has 5 nitrogen and oxygen atoms in total. The van der Waals surface area contributed by atoms with Gasteiger partial charge in [-0.1, -0.05) is 59.6 Å². The number of aromatic nitrogens is 2. The zero-order chi connectivity index (χ0) is 20.2. The van der Waals surface area contributed by atoms with Gasteiger partial charge in [0.15, 0.2) is 0 Å². The molecule has 144 valence electrons. The summed E-state index contributed by atoms with van der Waals surface area (Å²) in [6.07, 6.45) is 0. The Labute approximate surface area is 173 Å². The van der Waals surface area contributed by atoms with Gasteiger partial charge in [-0.05, 0) is 48.9 Å². The molecule has 0 aliphatic heterocycles. The summed E-state index contributed by atoms with van der Waals surface area (Å²) in [6.45, 7) is 1.98. The zero-order valence-corrected chi connectivity index (χ0v) is 16.4. The number of hydrogen-bond acceptors (Lipinski definition) is 4. The Morgan fingerprint density at radius 2 is 1.62 bits per heavy atom. The van der Waals surface area contributed by atoms with Crippen molar-refractivity contribution in [1.29, 1.82) is 0 Å². The zero-order valence-electron chi connectivity index (χ0n) is 15.7. The smallest absolute Gasteiger partial charge is 0.252 e. The molecule has 0 aliphatic rings. The first-order valence-electron chi connectivity index (χ1n) is 9.12. The van der Waals surface area contributed by atoms with Crippen molar-refractivity contribution in [3.63, 3.8) is 0 Å². The highest BCUT2D eigenvalue weighted by molar-refractivity contribution is 6.30. The van der Waals surface area contributed by atoms with Gasteiger partial charge in [0.1, 0.15) is 6.04 Å². The third-order valence-electron chi connectivity index (χ3n) is 4.50. The summed E-state index contributed by atoms with van der Waals surface area (Å²) in [5, 5.41) is 12.0. The standard InChI is InChI=1S/C23H18ClN3O2/c1-15-7-9-17(10-8-15)21(28)25-20(16-5-3-2-4-6-16)23-27-26-22(29-23)18-11-13-19(24)14-12-18/h2-14,20H,1H3,(H,25,28)/t20-/m0/s1. The maximum atomic E-state index is 12.8. The highest BCUT2D eigenvalue weighted by Gasteiger charge is 2.24. The van der Waals surface area contributed by atoms with Gasteiger partial charge in [-0.15, -0.1) is 10.2 Å². The van der Waals surface area contributed by atoms with Crippen LogP contribution >= 0.6 is 11.6 Å². The highest BCUT2D eigenvalue weighted by Crippen LogP contribution is 2.26. The Hall–Kier alpha value is -3.44. The van der Waals surface area contributed by atoms with E-state index in [1.54, 1.807) is 24.3 Å². The molecule has 1 aromatic heterocycles. The molecule has 4 rings (SSSR count). The van der Waals surface area contributed by atoms with Gasteiger partial charge < -0.3 is 9.73 Å². The fraction of sp³-hybridized carbons (Fsp3) is 0.0870. The van der Waals surface area contributed by atoms with E-state index in [9.17, 15) is 4.79 Å². The number of carbonyl (C=O) groups excluding carboxylic acids is 1. The molecule has 0 saturated heterocycles. The Morgan fingerprint density at radius 3 is 2.31 bits per heavy atom. The summed E-state index contributed by atoms with van der Waals surface area (Å²) >= 11 is 5.95. The summed E-state index contributed by atoms with van der Waals surface area (Å²) in [5.41, 5.74) is 3.25. The highest BCUT2D eigenvalue weighted by atomic mass is 35.5. The molecule has 1 heterocycles. The largest absolute Gasteiger partial charge is 0.418 e. The fourth-order valence-corrected chi connectivity index (χ4v) is 3.04. The van der Waals surface area contributed by atoms with E-state index in [1.165, 1.54) is 0 Å². The minimum atomic E-state index is -0.571. The minimum absolute atomic E-state index is 0.218. The first-order valence-corrected chi connectivity index (χ1v) is 9.50. The summed E-state index contributed by atoms with van der Waals surface area (Å²) in [7, 11) is 0. The van der Waals surface area contributed by atoms with Crippen LogP contribution in [0.4, 0.5) is 0 Å². The summed E-state index contributed by atoms with van der Waals surface area (Å²) < 4.78 is 5.90. The molecular weight excluding hydrogens is 386 g/mol. The Bertz CT molecular complexity index is 1110. The van der Waals surface area contributed by atoms with E-state index in [-0.39, 0.29) is 5.91 Å². The van der Waals surface area contributed by atoms with Crippen LogP contribution in [0, 0.1) is 6.92 Å². The Kier molecular flexibility index (Phi) is 5.40. The first-order chi connectivity index (χ1) is 14.1. The molecular formula is C23H18ClN3O2. The van der Waals surface area contributed by atoms with Crippen LogP contribution in [-0.4, -0.2) is 16.1 Å². The molecule has 4 aromatic rings. The van der Waals surface area contributed by atoms with Crippen LogP contribution in [0.5, 0.6) is 0 Å². The van der Waals surface area contributed by atoms with E-state index in [0.717, 1.165) is 16.7 Å². The maximum absolute atomic E-state index is 12.8. The second-order valence-corrected chi connectivity index (χ2v) is 7.07. The van der Waals surface area contributed by atoms with Crippen LogP contribution in [-0.2, 0) is 0 Å². The van der Waals surface area contributed by atoms with Gasteiger partial charge in [0.2, 0.25) is 11.8 Å². The molecule has 0 fully saturated rings. The second kappa shape index (κ2) is 8.29. The molecule has 1 N–H and O–H groups in total. The normalized spacial score (nSPS) is 11.8. The number of nitrogens with one attached hydrogen (secondary N) is 1. The van der Waals surface area contributed by atoms with Gasteiger partial charge >= 0.3 is 0 Å². The number of rotatable bonds is 5. The monoisotopic (exact) mass is 403 g/mol. The summed E-state index contributed by atoms with van der Waals surface area (Å²) in [6, 6.07) is 23.5. The van der Waals surface area contributed by atoms with E-state index < -0.39 is 6.04 Å². The number of hydrogen-bond donors (Lipinski definition) is 1. The number of halogens is 1. The van der Waals surface area contributed by atoms with E-state index in [4.69, 9.17) is 16.0 Å². The lowest BCUT2D eigenvalue weighted by molar-refractivity contribution is 0.0938. The number of carbonyl (C=O) groups is 1. The van der Waals surface area contributed by atoms with Crippen LogP contribution in [0.15, 0.2) is 83.3 Å². The average molecular weight is 404 g/mol. The lowest BCUT2D eigenvalue weighted by Gasteiger charge is -2.16. The van der Waals surface area contributed by atoms with Crippen LogP contribution in [0.2, 0.25) is 5.02 Å². The van der Waals surface area contributed by atoms with Crippen LogP contribution in [0.25, 0.3) is 11.5 Å². The molecule has 0 aliphatic carbocycles. The van der Waals surface area contributed by atoms with Gasteiger partial charge in [0, 0.05) is 16.1 Å². The Balaban J connectivity index is 1.65. The number of amides is 1. The van der Waals surface area contributed by atoms with E-state index in [0.29, 0.717) is 22.4 Å². The van der Waals surface area contributed by atoms with Crippen molar-refractivity contribution < 1.29 is 9.21 Å². The summed E-state index contributed by atoms with van der Waals surface area (Å²) in [5.74, 6) is 0.453. The molecule has 3 aromatic carbocycles. The van der Waals surface area contributed by atoms with Gasteiger partial charge in [0.05, 0.1) is 0 Å². The molecule has 0 bridgehead atoms. The molecule has 0 spiro atoms. The van der Waals surface area contributed by atoms with Gasteiger partial charge in [-0.3, -0.25) is 4.79 Å². The van der Waals surface area contributed by atoms with Crippen molar-refractivity contribution >= 4 is 17.5 Å². The van der Waals surface area contributed by atoms with Crippen LogP contribution < -0.4 is 5.32 Å². The molecule has 29 heavy (non-hydrogen) atoms. The molecule has 1 amide bonds. The van der Waals surface area contributed by atoms with Crippen molar-refractivity contribution in [2.75, 3.05) is 0 Å². The van der Waals surface area contributed by atoms with E-state index in [1.807, 2.05) is 61.5 Å². The molecule has 6 heteroatoms. The van der Waals surface area contributed by atoms with Crippen LogP contribution in [0.3, 0.4) is 0 Å². The Morgan fingerprint density at radius 1 is 0.931 bits per heavy atom. The van der Waals surface area contributed by atoms with Crippen molar-refractivity contribution in [2.24, 2.45) is 0 Å². The topological polar surface area (TPSA) is 68.0 Å². The predicted molar refractivity (Wildman–Crippen MR) is 112 cm³/mol. The van der Waals surface area contributed by atoms with Gasteiger partial charge in [-0.25, -0.2) is 0 Å². The van der Waals surface area contributed by atoms with E-state index >= 15 is 0 Å². The van der Waals surface area contributed by atoms with Crippen molar-refractivity contribution in [3.8, 4) is 11.5 Å². The second-order valence-electron chi connectivity index (χ2n) is 6.64. The molecule has 0 saturated carbocycles. The third-order valence-corrected chi connectivity index (χ3v) is 4.75. The van der Waals surface area contributed by atoms with Crippen molar-refractivity contribution in [3.05, 3.63) is 106 Å². The molecule has 0 unspecified atom stereocenters. The predicted octanol–water partition coefficient (Wildman–Crippen LogP) is 5.22. The van der Waals surface area contributed by atoms with Crippen molar-refractivity contribution in [2.45, 2.75) is 13.0 Å². The summed E-state index contributed by atoms with van der Waals surface area (Å²) in [4.78, 5) is 12.8. The maximum Gasteiger partial charge on any atom is 0.252 e. The number of aryl methyl sites for hydroxylation is 1. The fourth-order valence-electron chi connectivity index (χ4n) is 2.91. The first kappa shape index (κ1) is 18.9. The molecule has 1 atom stereocenters. The number of benzene rings is 3. The molecule has 0 radical (unpaired) electrons. The number of nitrogens with zero attached hydrogens (tertiary/aromatic N) is 2. The lowest BCUT2D eigenvalue weighted by atomic mass is 10.1. The van der Waals surface area contributed by atoms with Crippen LogP contribution in [0.1, 0.15) is 33.4 Å².